The predicted octanol–water partition coefficient (Wildman–Crippen LogP) is 5.97. The molecule has 12 heteroatoms. The maximum atomic E-state index is 12.2. The molecule has 0 aliphatic rings. The summed E-state index contributed by atoms with van der Waals surface area (Å²) in [5, 5.41) is 13.6. The van der Waals surface area contributed by atoms with E-state index in [9.17, 15) is 14.7 Å². The molecule has 0 spiro atoms. The van der Waals surface area contributed by atoms with Crippen molar-refractivity contribution in [1.82, 2.24) is 0 Å². The van der Waals surface area contributed by atoms with E-state index in [0.29, 0.717) is 49.8 Å². The van der Waals surface area contributed by atoms with E-state index < -0.39 is 29.1 Å². The van der Waals surface area contributed by atoms with Gasteiger partial charge in [0.15, 0.2) is 22.3 Å². The molecular formula is C34H32O12. The third kappa shape index (κ3) is 5.35. The number of hydrogen-bond donors (Lipinski definition) is 1. The van der Waals surface area contributed by atoms with Gasteiger partial charge in [-0.1, -0.05) is 6.58 Å². The molecular weight excluding hydrogens is 600 g/mol. The van der Waals surface area contributed by atoms with Crippen molar-refractivity contribution in [2.24, 2.45) is 0 Å². The zero-order valence-electron chi connectivity index (χ0n) is 25.8. The van der Waals surface area contributed by atoms with Crippen molar-refractivity contribution in [1.29, 1.82) is 0 Å². The van der Waals surface area contributed by atoms with Gasteiger partial charge >= 0.3 is 11.3 Å². The number of rotatable bonds is 12. The lowest BCUT2D eigenvalue weighted by molar-refractivity contribution is -0.140. The Morgan fingerprint density at radius 1 is 0.739 bits per heavy atom. The van der Waals surface area contributed by atoms with Crippen molar-refractivity contribution >= 4 is 43.9 Å². The molecule has 0 saturated heterocycles. The largest absolute Gasteiger partial charge is 0.495 e. The van der Waals surface area contributed by atoms with Crippen LogP contribution in [0.15, 0.2) is 88.3 Å². The van der Waals surface area contributed by atoms with Crippen LogP contribution in [0, 0.1) is 0 Å². The zero-order chi connectivity index (χ0) is 32.7. The van der Waals surface area contributed by atoms with Crippen molar-refractivity contribution < 1.29 is 46.5 Å². The van der Waals surface area contributed by atoms with E-state index in [1.54, 1.807) is 45.0 Å². The lowest BCUT2D eigenvalue weighted by atomic mass is 10.0. The van der Waals surface area contributed by atoms with Crippen molar-refractivity contribution in [3.05, 3.63) is 81.9 Å². The molecule has 46 heavy (non-hydrogen) atoms. The Morgan fingerprint density at radius 3 is 1.65 bits per heavy atom. The molecule has 4 heterocycles. The zero-order valence-corrected chi connectivity index (χ0v) is 25.8. The average Bonchev–Trinajstić information content (AvgIpc) is 3.71. The Balaban J connectivity index is 1.24. The second-order valence-electron chi connectivity index (χ2n) is 11.2. The number of fused-ring (bicyclic) bond motifs is 4. The highest BCUT2D eigenvalue weighted by atomic mass is 16.6. The van der Waals surface area contributed by atoms with E-state index in [4.69, 9.17) is 41.4 Å². The quantitative estimate of drug-likeness (QED) is 0.125. The molecule has 240 valence electrons. The van der Waals surface area contributed by atoms with Crippen molar-refractivity contribution in [2.45, 2.75) is 38.6 Å². The fraction of sp³-hybridized carbons (Fsp3) is 0.294. The number of furan rings is 2. The SMILES string of the molecule is C=C(C)[C@@H](COc1c2occc2c(OC)c2ccc(=O)oc12)OC(C)(C)[C@@H](O)COc1c2occc2c(OC)c2ccc(=O)oc12. The number of benzene rings is 2. The van der Waals surface area contributed by atoms with E-state index in [0.717, 1.165) is 0 Å². The second-order valence-corrected chi connectivity index (χ2v) is 11.2. The number of ether oxygens (including phenoxy) is 5. The first-order valence-electron chi connectivity index (χ1n) is 14.3. The van der Waals surface area contributed by atoms with Crippen LogP contribution in [0.3, 0.4) is 0 Å². The van der Waals surface area contributed by atoms with E-state index >= 15 is 0 Å². The molecule has 6 rings (SSSR count). The summed E-state index contributed by atoms with van der Waals surface area (Å²) in [6.07, 6.45) is 1.03. The Morgan fingerprint density at radius 2 is 1.20 bits per heavy atom. The predicted molar refractivity (Wildman–Crippen MR) is 168 cm³/mol. The van der Waals surface area contributed by atoms with Gasteiger partial charge in [-0.3, -0.25) is 0 Å². The minimum atomic E-state index is -1.20. The first kappa shape index (κ1) is 30.8. The highest BCUT2D eigenvalue weighted by Gasteiger charge is 2.34. The molecule has 1 N–H and O–H groups in total. The standard InChI is InChI=1S/C34H32O12/c1-17(2)22(15-42-32-28-20(11-13-40-28)26(38-5)18-7-9-24(36)44-30(18)32)46-34(3,4)23(35)16-43-33-29-21(12-14-41-29)27(39-6)19-8-10-25(37)45-31(19)33/h7-14,22-23,35H,1,15-16H2,2-6H3/t22-,23+/m1/s1. The summed E-state index contributed by atoms with van der Waals surface area (Å²) in [6, 6.07) is 9.19. The summed E-state index contributed by atoms with van der Waals surface area (Å²) in [6.45, 7) is 8.88. The molecule has 6 aromatic rings. The molecule has 12 nitrogen and oxygen atoms in total. The first-order chi connectivity index (χ1) is 22.0. The third-order valence-electron chi connectivity index (χ3n) is 7.77. The van der Waals surface area contributed by atoms with Crippen molar-refractivity contribution in [3.63, 3.8) is 0 Å². The fourth-order valence-corrected chi connectivity index (χ4v) is 5.30. The summed E-state index contributed by atoms with van der Waals surface area (Å²) < 4.78 is 52.1. The number of aliphatic hydroxyl groups excluding tert-OH is 1. The number of methoxy groups -OCH3 is 2. The summed E-state index contributed by atoms with van der Waals surface area (Å²) in [5.74, 6) is 1.26. The van der Waals surface area contributed by atoms with E-state index in [-0.39, 0.29) is 35.9 Å². The van der Waals surface area contributed by atoms with Crippen LogP contribution >= 0.6 is 0 Å². The van der Waals surface area contributed by atoms with Crippen LogP contribution in [0.1, 0.15) is 20.8 Å². The van der Waals surface area contributed by atoms with Gasteiger partial charge in [0.1, 0.15) is 36.9 Å². The van der Waals surface area contributed by atoms with E-state index in [1.165, 1.54) is 38.9 Å². The van der Waals surface area contributed by atoms with Gasteiger partial charge in [-0.25, -0.2) is 9.59 Å². The summed E-state index contributed by atoms with van der Waals surface area (Å²) in [7, 11) is 3.02. The Bertz CT molecular complexity index is 2200. The molecule has 0 bridgehead atoms. The Hall–Kier alpha value is -5.20. The van der Waals surface area contributed by atoms with Crippen LogP contribution in [0.25, 0.3) is 43.9 Å². The fourth-order valence-electron chi connectivity index (χ4n) is 5.30. The lowest BCUT2D eigenvalue weighted by Crippen LogP contribution is -2.46. The van der Waals surface area contributed by atoms with Crippen LogP contribution in [0.5, 0.6) is 23.0 Å². The molecule has 0 saturated carbocycles. The third-order valence-corrected chi connectivity index (χ3v) is 7.77. The first-order valence-corrected chi connectivity index (χ1v) is 14.3. The Kier molecular flexibility index (Phi) is 8.01. The Labute approximate surface area is 261 Å². The molecule has 0 fully saturated rings. The molecule has 2 atom stereocenters. The summed E-state index contributed by atoms with van der Waals surface area (Å²) >= 11 is 0. The summed E-state index contributed by atoms with van der Waals surface area (Å²) in [5.41, 5.74) is -0.859. The van der Waals surface area contributed by atoms with Crippen LogP contribution in [-0.4, -0.2) is 50.3 Å². The highest BCUT2D eigenvalue weighted by molar-refractivity contribution is 6.07. The molecule has 0 aliphatic carbocycles. The maximum absolute atomic E-state index is 12.2. The van der Waals surface area contributed by atoms with Gasteiger partial charge in [0, 0.05) is 12.1 Å². The highest BCUT2D eigenvalue weighted by Crippen LogP contribution is 2.44. The average molecular weight is 633 g/mol. The number of hydrogen-bond acceptors (Lipinski definition) is 12. The lowest BCUT2D eigenvalue weighted by Gasteiger charge is -2.35. The molecule has 0 unspecified atom stereocenters. The van der Waals surface area contributed by atoms with Crippen LogP contribution in [-0.2, 0) is 4.74 Å². The van der Waals surface area contributed by atoms with Gasteiger partial charge in [-0.2, -0.15) is 0 Å². The van der Waals surface area contributed by atoms with Crippen LogP contribution in [0.4, 0.5) is 0 Å². The molecule has 0 aliphatic heterocycles. The molecule has 4 aromatic heterocycles. The van der Waals surface area contributed by atoms with Crippen molar-refractivity contribution in [3.8, 4) is 23.0 Å². The number of aliphatic hydroxyl groups is 1. The van der Waals surface area contributed by atoms with Gasteiger partial charge in [0.25, 0.3) is 0 Å². The smallest absolute Gasteiger partial charge is 0.336 e. The van der Waals surface area contributed by atoms with Crippen LogP contribution in [0.2, 0.25) is 0 Å². The van der Waals surface area contributed by atoms with Gasteiger partial charge in [-0.15, -0.1) is 0 Å². The van der Waals surface area contributed by atoms with E-state index in [2.05, 4.69) is 6.58 Å². The molecule has 0 radical (unpaired) electrons. The molecule has 2 aromatic carbocycles. The minimum Gasteiger partial charge on any atom is -0.495 e. The van der Waals surface area contributed by atoms with Crippen LogP contribution < -0.4 is 30.2 Å². The molecule has 0 amide bonds. The van der Waals surface area contributed by atoms with Gasteiger partial charge in [0.2, 0.25) is 11.5 Å². The second kappa shape index (κ2) is 12.0. The minimum absolute atomic E-state index is 0.0660. The van der Waals surface area contributed by atoms with Crippen molar-refractivity contribution in [2.75, 3.05) is 27.4 Å². The van der Waals surface area contributed by atoms with Gasteiger partial charge in [-0.05, 0) is 50.6 Å². The summed E-state index contributed by atoms with van der Waals surface area (Å²) in [4.78, 5) is 24.3. The van der Waals surface area contributed by atoms with E-state index in [1.807, 2.05) is 0 Å². The van der Waals surface area contributed by atoms with Gasteiger partial charge < -0.3 is 46.5 Å². The topological polar surface area (TPSA) is 153 Å². The normalized spacial score (nSPS) is 13.3. The maximum Gasteiger partial charge on any atom is 0.336 e. The van der Waals surface area contributed by atoms with Gasteiger partial charge in [0.05, 0.1) is 53.9 Å². The monoisotopic (exact) mass is 632 g/mol.